The molecule has 3 rings (SSSR count). The van der Waals surface area contributed by atoms with Crippen molar-refractivity contribution in [3.8, 4) is 0 Å². The molecule has 4 nitrogen and oxygen atoms in total. The van der Waals surface area contributed by atoms with Crippen LogP contribution in [-0.4, -0.2) is 32.4 Å². The number of pyridine rings is 1. The van der Waals surface area contributed by atoms with Crippen LogP contribution in [0.5, 0.6) is 0 Å². The Bertz CT molecular complexity index is 549. The predicted molar refractivity (Wildman–Crippen MR) is 83.9 cm³/mol. The molecule has 0 amide bonds. The third-order valence-electron chi connectivity index (χ3n) is 4.50. The van der Waals surface area contributed by atoms with Gasteiger partial charge in [0, 0.05) is 30.2 Å². The van der Waals surface area contributed by atoms with Gasteiger partial charge in [0.1, 0.15) is 0 Å². The highest BCUT2D eigenvalue weighted by molar-refractivity contribution is 5.09. The van der Waals surface area contributed by atoms with E-state index >= 15 is 0 Å². The molecule has 2 aromatic rings. The Hall–Kier alpha value is -1.68. The van der Waals surface area contributed by atoms with Gasteiger partial charge in [-0.15, -0.1) is 0 Å². The number of likely N-dealkylation sites (tertiary alicyclic amines) is 1. The van der Waals surface area contributed by atoms with E-state index in [0.717, 1.165) is 13.0 Å². The summed E-state index contributed by atoms with van der Waals surface area (Å²) < 4.78 is 0. The van der Waals surface area contributed by atoms with E-state index in [4.69, 9.17) is 0 Å². The van der Waals surface area contributed by atoms with Crippen molar-refractivity contribution >= 4 is 0 Å². The fraction of sp³-hybridized carbons (Fsp3) is 0.529. The van der Waals surface area contributed by atoms with Crippen LogP contribution in [0.1, 0.15) is 42.8 Å². The first-order valence-corrected chi connectivity index (χ1v) is 7.96. The zero-order valence-electron chi connectivity index (χ0n) is 12.8. The van der Waals surface area contributed by atoms with Crippen LogP contribution >= 0.6 is 0 Å². The van der Waals surface area contributed by atoms with E-state index in [1.807, 2.05) is 12.3 Å². The second-order valence-electron chi connectivity index (χ2n) is 5.95. The van der Waals surface area contributed by atoms with E-state index < -0.39 is 0 Å². The first-order valence-electron chi connectivity index (χ1n) is 7.96. The zero-order chi connectivity index (χ0) is 14.5. The van der Waals surface area contributed by atoms with Crippen molar-refractivity contribution in [3.05, 3.63) is 47.8 Å². The summed E-state index contributed by atoms with van der Waals surface area (Å²) in [4.78, 5) is 14.7. The minimum atomic E-state index is 0.664. The van der Waals surface area contributed by atoms with Crippen molar-refractivity contribution in [1.29, 1.82) is 0 Å². The molecule has 1 atom stereocenters. The van der Waals surface area contributed by atoms with Gasteiger partial charge in [0.25, 0.3) is 0 Å². The fourth-order valence-corrected chi connectivity index (χ4v) is 3.19. The van der Waals surface area contributed by atoms with Crippen molar-refractivity contribution < 1.29 is 0 Å². The Morgan fingerprint density at radius 3 is 3.00 bits per heavy atom. The van der Waals surface area contributed by atoms with Crippen LogP contribution < -0.4 is 0 Å². The molecule has 0 bridgehead atoms. The van der Waals surface area contributed by atoms with Crippen molar-refractivity contribution in [3.63, 3.8) is 0 Å². The average Bonchev–Trinajstić information content (AvgIpc) is 2.93. The van der Waals surface area contributed by atoms with E-state index in [2.05, 4.69) is 38.9 Å². The number of rotatable bonds is 5. The SMILES string of the molecule is Cc1[nH]cnc1CN1CCCCC1CCc1ccccn1. The van der Waals surface area contributed by atoms with Crippen LogP contribution in [0.3, 0.4) is 0 Å². The summed E-state index contributed by atoms with van der Waals surface area (Å²) in [5.41, 5.74) is 3.60. The Balaban J connectivity index is 1.60. The summed E-state index contributed by atoms with van der Waals surface area (Å²) in [6.45, 7) is 4.27. The predicted octanol–water partition coefficient (Wildman–Crippen LogP) is 3.10. The summed E-state index contributed by atoms with van der Waals surface area (Å²) in [5, 5.41) is 0. The van der Waals surface area contributed by atoms with Crippen molar-refractivity contribution in [2.45, 2.75) is 51.6 Å². The number of aromatic amines is 1. The minimum absolute atomic E-state index is 0.664. The number of nitrogens with one attached hydrogen (secondary N) is 1. The van der Waals surface area contributed by atoms with E-state index in [9.17, 15) is 0 Å². The molecule has 3 heterocycles. The van der Waals surface area contributed by atoms with Crippen LogP contribution in [0, 0.1) is 6.92 Å². The molecule has 2 aromatic heterocycles. The molecule has 112 valence electrons. The number of aryl methyl sites for hydroxylation is 2. The second-order valence-corrected chi connectivity index (χ2v) is 5.95. The highest BCUT2D eigenvalue weighted by Crippen LogP contribution is 2.23. The van der Waals surface area contributed by atoms with E-state index in [0.29, 0.717) is 6.04 Å². The molecule has 0 aliphatic carbocycles. The van der Waals surface area contributed by atoms with Gasteiger partial charge in [-0.2, -0.15) is 0 Å². The minimum Gasteiger partial charge on any atom is -0.348 e. The van der Waals surface area contributed by atoms with Gasteiger partial charge in [0.15, 0.2) is 0 Å². The number of nitrogens with zero attached hydrogens (tertiary/aromatic N) is 3. The fourth-order valence-electron chi connectivity index (χ4n) is 3.19. The lowest BCUT2D eigenvalue weighted by Crippen LogP contribution is -2.39. The summed E-state index contributed by atoms with van der Waals surface area (Å²) >= 11 is 0. The number of piperidine rings is 1. The molecule has 1 N–H and O–H groups in total. The molecular formula is C17H24N4. The van der Waals surface area contributed by atoms with Crippen LogP contribution in [-0.2, 0) is 13.0 Å². The maximum Gasteiger partial charge on any atom is 0.0925 e. The Labute approximate surface area is 126 Å². The number of H-pyrrole nitrogens is 1. The molecule has 0 radical (unpaired) electrons. The molecule has 1 saturated heterocycles. The van der Waals surface area contributed by atoms with Gasteiger partial charge in [-0.25, -0.2) is 4.98 Å². The molecule has 1 aliphatic heterocycles. The standard InChI is InChI=1S/C17H24N4/c1-14-17(20-13-19-14)12-21-11-5-3-7-16(21)9-8-15-6-2-4-10-18-15/h2,4,6,10,13,16H,3,5,7-9,11-12H2,1H3,(H,19,20). The van der Waals surface area contributed by atoms with Gasteiger partial charge >= 0.3 is 0 Å². The molecular weight excluding hydrogens is 260 g/mol. The maximum absolute atomic E-state index is 4.45. The van der Waals surface area contributed by atoms with E-state index in [-0.39, 0.29) is 0 Å². The zero-order valence-corrected chi connectivity index (χ0v) is 12.8. The molecule has 4 heteroatoms. The van der Waals surface area contributed by atoms with Crippen molar-refractivity contribution in [2.24, 2.45) is 0 Å². The second kappa shape index (κ2) is 6.85. The third-order valence-corrected chi connectivity index (χ3v) is 4.50. The lowest BCUT2D eigenvalue weighted by Gasteiger charge is -2.35. The lowest BCUT2D eigenvalue weighted by atomic mass is 9.96. The van der Waals surface area contributed by atoms with Crippen LogP contribution in [0.4, 0.5) is 0 Å². The van der Waals surface area contributed by atoms with Gasteiger partial charge in [-0.3, -0.25) is 9.88 Å². The Kier molecular flexibility index (Phi) is 4.65. The quantitative estimate of drug-likeness (QED) is 0.917. The molecule has 1 unspecified atom stereocenters. The van der Waals surface area contributed by atoms with E-state index in [1.165, 1.54) is 49.3 Å². The highest BCUT2D eigenvalue weighted by atomic mass is 15.2. The maximum atomic E-state index is 4.45. The molecule has 0 spiro atoms. The molecule has 0 saturated carbocycles. The number of aromatic nitrogens is 3. The summed E-state index contributed by atoms with van der Waals surface area (Å²) in [5.74, 6) is 0. The van der Waals surface area contributed by atoms with Crippen molar-refractivity contribution in [1.82, 2.24) is 19.9 Å². The number of imidazole rings is 1. The number of hydrogen-bond donors (Lipinski definition) is 1. The smallest absolute Gasteiger partial charge is 0.0925 e. The van der Waals surface area contributed by atoms with Gasteiger partial charge < -0.3 is 4.98 Å². The normalized spacial score (nSPS) is 19.8. The lowest BCUT2D eigenvalue weighted by molar-refractivity contribution is 0.130. The molecule has 1 fully saturated rings. The Morgan fingerprint density at radius 1 is 1.29 bits per heavy atom. The van der Waals surface area contributed by atoms with Gasteiger partial charge in [0.05, 0.1) is 12.0 Å². The molecule has 1 aliphatic rings. The third kappa shape index (κ3) is 3.70. The molecule has 21 heavy (non-hydrogen) atoms. The van der Waals surface area contributed by atoms with Gasteiger partial charge in [-0.05, 0) is 51.3 Å². The van der Waals surface area contributed by atoms with Gasteiger partial charge in [-0.1, -0.05) is 12.5 Å². The first-order chi connectivity index (χ1) is 10.3. The topological polar surface area (TPSA) is 44.8 Å². The summed E-state index contributed by atoms with van der Waals surface area (Å²) in [6, 6.07) is 6.85. The monoisotopic (exact) mass is 284 g/mol. The van der Waals surface area contributed by atoms with Gasteiger partial charge in [0.2, 0.25) is 0 Å². The molecule has 0 aromatic carbocycles. The average molecular weight is 284 g/mol. The highest BCUT2D eigenvalue weighted by Gasteiger charge is 2.23. The first kappa shape index (κ1) is 14.3. The number of hydrogen-bond acceptors (Lipinski definition) is 3. The van der Waals surface area contributed by atoms with E-state index in [1.54, 1.807) is 6.33 Å². The van der Waals surface area contributed by atoms with Crippen LogP contribution in [0.2, 0.25) is 0 Å². The van der Waals surface area contributed by atoms with Crippen molar-refractivity contribution in [2.75, 3.05) is 6.54 Å². The largest absolute Gasteiger partial charge is 0.348 e. The van der Waals surface area contributed by atoms with Crippen LogP contribution in [0.15, 0.2) is 30.7 Å². The summed E-state index contributed by atoms with van der Waals surface area (Å²) in [6.07, 6.45) is 9.92. The van der Waals surface area contributed by atoms with Crippen LogP contribution in [0.25, 0.3) is 0 Å². The summed E-state index contributed by atoms with van der Waals surface area (Å²) in [7, 11) is 0. The Morgan fingerprint density at radius 2 is 2.24 bits per heavy atom.